The number of aryl methyl sites for hydroxylation is 1. The van der Waals surface area contributed by atoms with Gasteiger partial charge in [0.25, 0.3) is 0 Å². The van der Waals surface area contributed by atoms with Gasteiger partial charge in [0.05, 0.1) is 5.52 Å². The zero-order chi connectivity index (χ0) is 14.8. The molecule has 1 fully saturated rings. The highest BCUT2D eigenvalue weighted by molar-refractivity contribution is 5.79. The molecule has 1 aliphatic carbocycles. The molecule has 5 nitrogen and oxygen atoms in total. The number of benzene rings is 1. The Morgan fingerprint density at radius 1 is 1.33 bits per heavy atom. The minimum absolute atomic E-state index is 0.149. The van der Waals surface area contributed by atoms with Gasteiger partial charge in [-0.1, -0.05) is 25.3 Å². The molecule has 1 aliphatic rings. The van der Waals surface area contributed by atoms with Crippen LogP contribution in [0.3, 0.4) is 0 Å². The molecule has 1 saturated carbocycles. The molecular weight excluding hydrogens is 268 g/mol. The van der Waals surface area contributed by atoms with Crippen LogP contribution in [0, 0.1) is 5.92 Å². The number of carbonyl (C=O) groups is 1. The Hall–Kier alpha value is -2.04. The van der Waals surface area contributed by atoms with Crippen molar-refractivity contribution >= 4 is 17.0 Å². The number of hydrogen-bond donors (Lipinski definition) is 1. The monoisotopic (exact) mass is 288 g/mol. The van der Waals surface area contributed by atoms with E-state index in [2.05, 4.69) is 5.32 Å². The Bertz CT molecular complexity index is 708. The molecule has 0 unspecified atom stereocenters. The van der Waals surface area contributed by atoms with Gasteiger partial charge in [-0.3, -0.25) is 9.36 Å². The van der Waals surface area contributed by atoms with Gasteiger partial charge in [-0.2, -0.15) is 0 Å². The van der Waals surface area contributed by atoms with Crippen molar-refractivity contribution < 1.29 is 9.21 Å². The zero-order valence-electron chi connectivity index (χ0n) is 12.2. The predicted octanol–water partition coefficient (Wildman–Crippen LogP) is 2.33. The third-order valence-corrected chi connectivity index (χ3v) is 4.30. The molecule has 2 aromatic rings. The fourth-order valence-corrected chi connectivity index (χ4v) is 2.98. The molecule has 0 saturated heterocycles. The van der Waals surface area contributed by atoms with Crippen LogP contribution >= 0.6 is 0 Å². The van der Waals surface area contributed by atoms with E-state index in [0.29, 0.717) is 12.1 Å². The molecule has 1 aromatic carbocycles. The lowest BCUT2D eigenvalue weighted by molar-refractivity contribution is -0.126. The molecule has 3 rings (SSSR count). The summed E-state index contributed by atoms with van der Waals surface area (Å²) in [4.78, 5) is 23.6. The zero-order valence-corrected chi connectivity index (χ0v) is 12.2. The number of nitrogens with zero attached hydrogens (tertiary/aromatic N) is 1. The largest absolute Gasteiger partial charge is 0.419 e. The lowest BCUT2D eigenvalue weighted by atomic mass is 9.88. The standard InChI is InChI=1S/C16H20N2O3/c1-18-13-9-11(7-8-14(13)21-16(18)20)10-17-15(19)12-5-3-2-4-6-12/h7-9,12H,2-6,10H2,1H3,(H,17,19). The van der Waals surface area contributed by atoms with Crippen molar-refractivity contribution in [1.82, 2.24) is 9.88 Å². The third kappa shape index (κ3) is 2.86. The molecule has 0 atom stereocenters. The minimum atomic E-state index is -0.367. The van der Waals surface area contributed by atoms with Crippen LogP contribution in [-0.2, 0) is 18.4 Å². The van der Waals surface area contributed by atoms with Gasteiger partial charge < -0.3 is 9.73 Å². The van der Waals surface area contributed by atoms with E-state index in [1.165, 1.54) is 11.0 Å². The number of nitrogens with one attached hydrogen (secondary N) is 1. The molecule has 1 amide bonds. The van der Waals surface area contributed by atoms with Crippen molar-refractivity contribution in [2.45, 2.75) is 38.6 Å². The van der Waals surface area contributed by atoms with E-state index in [1.807, 2.05) is 12.1 Å². The maximum Gasteiger partial charge on any atom is 0.419 e. The molecule has 0 spiro atoms. The molecule has 5 heteroatoms. The number of oxazole rings is 1. The Morgan fingerprint density at radius 2 is 2.10 bits per heavy atom. The first-order valence-corrected chi connectivity index (χ1v) is 7.51. The SMILES string of the molecule is Cn1c(=O)oc2ccc(CNC(=O)C3CCCCC3)cc21. The summed E-state index contributed by atoms with van der Waals surface area (Å²) in [7, 11) is 1.68. The second kappa shape index (κ2) is 5.76. The normalized spacial score (nSPS) is 16.2. The van der Waals surface area contributed by atoms with Gasteiger partial charge in [-0.15, -0.1) is 0 Å². The van der Waals surface area contributed by atoms with E-state index in [-0.39, 0.29) is 17.6 Å². The fraction of sp³-hybridized carbons (Fsp3) is 0.500. The molecule has 0 bridgehead atoms. The Labute approximate surface area is 122 Å². The van der Waals surface area contributed by atoms with Gasteiger partial charge in [0.15, 0.2) is 5.58 Å². The number of carbonyl (C=O) groups excluding carboxylic acids is 1. The molecular formula is C16H20N2O3. The van der Waals surface area contributed by atoms with Crippen LogP contribution in [0.15, 0.2) is 27.4 Å². The van der Waals surface area contributed by atoms with Crippen molar-refractivity contribution in [2.75, 3.05) is 0 Å². The van der Waals surface area contributed by atoms with Crippen LogP contribution in [0.5, 0.6) is 0 Å². The topological polar surface area (TPSA) is 64.2 Å². The highest BCUT2D eigenvalue weighted by atomic mass is 16.4. The summed E-state index contributed by atoms with van der Waals surface area (Å²) in [6.07, 6.45) is 5.56. The number of aromatic nitrogens is 1. The van der Waals surface area contributed by atoms with Gasteiger partial charge in [-0.25, -0.2) is 4.79 Å². The predicted molar refractivity (Wildman–Crippen MR) is 79.9 cm³/mol. The Balaban J connectivity index is 1.68. The average molecular weight is 288 g/mol. The smallest absolute Gasteiger partial charge is 0.408 e. The quantitative estimate of drug-likeness (QED) is 0.942. The van der Waals surface area contributed by atoms with Crippen LogP contribution in [0.2, 0.25) is 0 Å². The summed E-state index contributed by atoms with van der Waals surface area (Å²) >= 11 is 0. The molecule has 1 N–H and O–H groups in total. The number of amides is 1. The van der Waals surface area contributed by atoms with Crippen molar-refractivity contribution in [3.05, 3.63) is 34.3 Å². The summed E-state index contributed by atoms with van der Waals surface area (Å²) in [5, 5.41) is 3.00. The Kier molecular flexibility index (Phi) is 3.82. The van der Waals surface area contributed by atoms with E-state index in [1.54, 1.807) is 13.1 Å². The number of rotatable bonds is 3. The highest BCUT2D eigenvalue weighted by Gasteiger charge is 2.20. The highest BCUT2D eigenvalue weighted by Crippen LogP contribution is 2.23. The van der Waals surface area contributed by atoms with E-state index in [4.69, 9.17) is 4.42 Å². The Morgan fingerprint density at radius 3 is 2.86 bits per heavy atom. The fourth-order valence-electron chi connectivity index (χ4n) is 2.98. The van der Waals surface area contributed by atoms with Crippen molar-refractivity contribution in [3.8, 4) is 0 Å². The first-order chi connectivity index (χ1) is 10.1. The molecule has 1 aromatic heterocycles. The van der Waals surface area contributed by atoms with Crippen LogP contribution < -0.4 is 11.1 Å². The molecule has 21 heavy (non-hydrogen) atoms. The average Bonchev–Trinajstić information content (AvgIpc) is 2.80. The van der Waals surface area contributed by atoms with Crippen LogP contribution in [-0.4, -0.2) is 10.5 Å². The van der Waals surface area contributed by atoms with E-state index in [9.17, 15) is 9.59 Å². The maximum atomic E-state index is 12.1. The van der Waals surface area contributed by atoms with Gasteiger partial charge in [0.1, 0.15) is 0 Å². The van der Waals surface area contributed by atoms with E-state index < -0.39 is 0 Å². The lowest BCUT2D eigenvalue weighted by Gasteiger charge is -2.20. The summed E-state index contributed by atoms with van der Waals surface area (Å²) in [5.41, 5.74) is 2.30. The van der Waals surface area contributed by atoms with Crippen molar-refractivity contribution in [1.29, 1.82) is 0 Å². The van der Waals surface area contributed by atoms with Crippen molar-refractivity contribution in [3.63, 3.8) is 0 Å². The van der Waals surface area contributed by atoms with E-state index >= 15 is 0 Å². The van der Waals surface area contributed by atoms with Gasteiger partial charge in [0.2, 0.25) is 5.91 Å². The van der Waals surface area contributed by atoms with Crippen LogP contribution in [0.4, 0.5) is 0 Å². The second-order valence-corrected chi connectivity index (χ2v) is 5.78. The lowest BCUT2D eigenvalue weighted by Crippen LogP contribution is -2.31. The summed E-state index contributed by atoms with van der Waals surface area (Å²) in [6.45, 7) is 0.491. The van der Waals surface area contributed by atoms with Crippen LogP contribution in [0.1, 0.15) is 37.7 Å². The molecule has 0 radical (unpaired) electrons. The first kappa shape index (κ1) is 13.9. The third-order valence-electron chi connectivity index (χ3n) is 4.30. The first-order valence-electron chi connectivity index (χ1n) is 7.51. The number of hydrogen-bond acceptors (Lipinski definition) is 3. The van der Waals surface area contributed by atoms with Gasteiger partial charge in [-0.05, 0) is 30.5 Å². The summed E-state index contributed by atoms with van der Waals surface area (Å²) in [5.74, 6) is -0.0509. The van der Waals surface area contributed by atoms with Crippen molar-refractivity contribution in [2.24, 2.45) is 13.0 Å². The van der Waals surface area contributed by atoms with E-state index in [0.717, 1.165) is 36.8 Å². The maximum absolute atomic E-state index is 12.1. The van der Waals surface area contributed by atoms with Gasteiger partial charge >= 0.3 is 5.76 Å². The summed E-state index contributed by atoms with van der Waals surface area (Å²) < 4.78 is 6.57. The minimum Gasteiger partial charge on any atom is -0.408 e. The van der Waals surface area contributed by atoms with Crippen LogP contribution in [0.25, 0.3) is 11.1 Å². The summed E-state index contributed by atoms with van der Waals surface area (Å²) in [6, 6.07) is 5.55. The molecule has 0 aliphatic heterocycles. The second-order valence-electron chi connectivity index (χ2n) is 5.78. The number of fused-ring (bicyclic) bond motifs is 1. The molecule has 1 heterocycles. The van der Waals surface area contributed by atoms with Gasteiger partial charge in [0, 0.05) is 19.5 Å². The molecule has 112 valence electrons.